The number of ether oxygens (including phenoxy) is 2. The zero-order valence-corrected chi connectivity index (χ0v) is 23.4. The van der Waals surface area contributed by atoms with E-state index in [-0.39, 0.29) is 22.7 Å². The van der Waals surface area contributed by atoms with Gasteiger partial charge < -0.3 is 15.2 Å². The van der Waals surface area contributed by atoms with E-state index in [2.05, 4.69) is 6.07 Å². The molecule has 41 heavy (non-hydrogen) atoms. The van der Waals surface area contributed by atoms with E-state index in [4.69, 9.17) is 20.2 Å². The first-order valence-corrected chi connectivity index (χ1v) is 13.5. The molecule has 1 aliphatic rings. The number of carbonyl (C=O) groups excluding carboxylic acids is 2. The lowest BCUT2D eigenvalue weighted by molar-refractivity contribution is -0.139. The standard InChI is InChI=1S/C32H26N4O4S/c1-19-27(21-13-8-5-9-14-21)35-30(41-19)22-15-10-16-23(17-22)36-28(32(38)40-3)26(31(37)39-2)25(24(18-33)29(36)34)20-11-6-4-7-12-20/h4-17,25H,34H2,1-3H3. The number of esters is 2. The first kappa shape index (κ1) is 27.4. The summed E-state index contributed by atoms with van der Waals surface area (Å²) >= 11 is 1.54. The predicted octanol–water partition coefficient (Wildman–Crippen LogP) is 5.68. The molecule has 8 nitrogen and oxygen atoms in total. The van der Waals surface area contributed by atoms with Crippen LogP contribution in [0.5, 0.6) is 0 Å². The number of thiazole rings is 1. The highest BCUT2D eigenvalue weighted by Gasteiger charge is 2.43. The average Bonchev–Trinajstić information content (AvgIpc) is 3.42. The van der Waals surface area contributed by atoms with Crippen LogP contribution in [-0.4, -0.2) is 31.1 Å². The molecule has 0 saturated carbocycles. The van der Waals surface area contributed by atoms with Crippen molar-refractivity contribution in [3.05, 3.63) is 118 Å². The van der Waals surface area contributed by atoms with Crippen LogP contribution in [0.2, 0.25) is 0 Å². The number of allylic oxidation sites excluding steroid dienone is 1. The van der Waals surface area contributed by atoms with E-state index < -0.39 is 17.9 Å². The van der Waals surface area contributed by atoms with Gasteiger partial charge in [0, 0.05) is 21.7 Å². The van der Waals surface area contributed by atoms with Crippen LogP contribution in [0.1, 0.15) is 16.4 Å². The Morgan fingerprint density at radius 1 is 0.927 bits per heavy atom. The summed E-state index contributed by atoms with van der Waals surface area (Å²) in [6.07, 6.45) is 0. The molecule has 3 aromatic carbocycles. The van der Waals surface area contributed by atoms with E-state index in [1.807, 2.05) is 55.5 Å². The maximum absolute atomic E-state index is 13.4. The number of rotatable bonds is 6. The Morgan fingerprint density at radius 2 is 1.56 bits per heavy atom. The van der Waals surface area contributed by atoms with Crippen LogP contribution >= 0.6 is 11.3 Å². The Hall–Kier alpha value is -5.20. The van der Waals surface area contributed by atoms with Gasteiger partial charge in [-0.25, -0.2) is 14.6 Å². The van der Waals surface area contributed by atoms with Crippen LogP contribution in [0.15, 0.2) is 108 Å². The number of carbonyl (C=O) groups is 2. The summed E-state index contributed by atoms with van der Waals surface area (Å²) < 4.78 is 10.3. The van der Waals surface area contributed by atoms with Crippen molar-refractivity contribution >= 4 is 29.0 Å². The number of hydrogen-bond donors (Lipinski definition) is 1. The Balaban J connectivity index is 1.71. The molecule has 0 radical (unpaired) electrons. The van der Waals surface area contributed by atoms with Crippen molar-refractivity contribution in [1.82, 2.24) is 4.98 Å². The summed E-state index contributed by atoms with van der Waals surface area (Å²) in [6.45, 7) is 2.02. The fraction of sp³-hybridized carbons (Fsp3) is 0.125. The zero-order chi connectivity index (χ0) is 29.1. The van der Waals surface area contributed by atoms with Gasteiger partial charge in [-0.2, -0.15) is 5.26 Å². The molecule has 204 valence electrons. The van der Waals surface area contributed by atoms with E-state index in [0.29, 0.717) is 11.3 Å². The molecule has 5 rings (SSSR count). The molecule has 0 spiro atoms. The zero-order valence-electron chi connectivity index (χ0n) is 22.6. The van der Waals surface area contributed by atoms with Crippen molar-refractivity contribution in [3.8, 4) is 27.9 Å². The summed E-state index contributed by atoms with van der Waals surface area (Å²) in [5.74, 6) is -2.50. The number of nitrogens with zero attached hydrogens (tertiary/aromatic N) is 3. The number of methoxy groups -OCH3 is 2. The number of nitriles is 1. The number of hydrogen-bond acceptors (Lipinski definition) is 9. The molecule has 2 N–H and O–H groups in total. The molecule has 0 saturated heterocycles. The fourth-order valence-electron chi connectivity index (χ4n) is 4.94. The number of benzene rings is 3. The van der Waals surface area contributed by atoms with Crippen LogP contribution in [0.25, 0.3) is 21.8 Å². The Kier molecular flexibility index (Phi) is 7.68. The largest absolute Gasteiger partial charge is 0.466 e. The lowest BCUT2D eigenvalue weighted by Gasteiger charge is -2.36. The second-order valence-electron chi connectivity index (χ2n) is 9.18. The lowest BCUT2D eigenvalue weighted by atomic mass is 9.81. The number of anilines is 1. The summed E-state index contributed by atoms with van der Waals surface area (Å²) in [5.41, 5.74) is 10.3. The van der Waals surface area contributed by atoms with E-state index in [9.17, 15) is 14.9 Å². The van der Waals surface area contributed by atoms with Crippen LogP contribution < -0.4 is 10.6 Å². The minimum Gasteiger partial charge on any atom is -0.466 e. The smallest absolute Gasteiger partial charge is 0.355 e. The highest BCUT2D eigenvalue weighted by Crippen LogP contribution is 2.44. The first-order valence-electron chi connectivity index (χ1n) is 12.7. The molecule has 4 aromatic rings. The minimum absolute atomic E-state index is 0.00634. The van der Waals surface area contributed by atoms with Gasteiger partial charge in [0.2, 0.25) is 0 Å². The molecule has 0 bridgehead atoms. The minimum atomic E-state index is -0.933. The fourth-order valence-corrected chi connectivity index (χ4v) is 5.88. The normalized spacial score (nSPS) is 15.0. The average molecular weight is 563 g/mol. The van der Waals surface area contributed by atoms with E-state index in [1.54, 1.807) is 36.4 Å². The third-order valence-electron chi connectivity index (χ3n) is 6.81. The maximum atomic E-state index is 13.4. The monoisotopic (exact) mass is 562 g/mol. The first-order chi connectivity index (χ1) is 19.9. The molecule has 1 aliphatic heterocycles. The van der Waals surface area contributed by atoms with Crippen molar-refractivity contribution in [3.63, 3.8) is 0 Å². The summed E-state index contributed by atoms with van der Waals surface area (Å²) in [6, 6.07) is 28.2. The van der Waals surface area contributed by atoms with Crippen molar-refractivity contribution in [2.24, 2.45) is 5.73 Å². The summed E-state index contributed by atoms with van der Waals surface area (Å²) in [5, 5.41) is 11.0. The third kappa shape index (κ3) is 4.97. The van der Waals surface area contributed by atoms with Gasteiger partial charge >= 0.3 is 11.9 Å². The molecule has 1 unspecified atom stereocenters. The van der Waals surface area contributed by atoms with Crippen molar-refractivity contribution in [2.75, 3.05) is 19.1 Å². The maximum Gasteiger partial charge on any atom is 0.355 e. The number of nitrogens with two attached hydrogens (primary N) is 1. The highest BCUT2D eigenvalue weighted by atomic mass is 32.1. The van der Waals surface area contributed by atoms with Crippen LogP contribution in [0.3, 0.4) is 0 Å². The predicted molar refractivity (Wildman–Crippen MR) is 157 cm³/mol. The molecule has 2 heterocycles. The second kappa shape index (κ2) is 11.5. The van der Waals surface area contributed by atoms with Gasteiger partial charge in [-0.3, -0.25) is 4.90 Å². The second-order valence-corrected chi connectivity index (χ2v) is 10.4. The van der Waals surface area contributed by atoms with Crippen LogP contribution in [-0.2, 0) is 19.1 Å². The van der Waals surface area contributed by atoms with Crippen molar-refractivity contribution in [1.29, 1.82) is 5.26 Å². The molecular weight excluding hydrogens is 536 g/mol. The lowest BCUT2D eigenvalue weighted by Crippen LogP contribution is -2.40. The summed E-state index contributed by atoms with van der Waals surface area (Å²) in [7, 11) is 2.44. The topological polar surface area (TPSA) is 119 Å². The third-order valence-corrected chi connectivity index (χ3v) is 7.83. The highest BCUT2D eigenvalue weighted by molar-refractivity contribution is 7.15. The van der Waals surface area contributed by atoms with Gasteiger partial charge in [0.1, 0.15) is 16.5 Å². The molecule has 0 fully saturated rings. The van der Waals surface area contributed by atoms with Crippen LogP contribution in [0, 0.1) is 18.3 Å². The van der Waals surface area contributed by atoms with Crippen molar-refractivity contribution in [2.45, 2.75) is 12.8 Å². The van der Waals surface area contributed by atoms with Crippen LogP contribution in [0.4, 0.5) is 5.69 Å². The number of aromatic nitrogens is 1. The van der Waals surface area contributed by atoms with Gasteiger partial charge in [-0.05, 0) is 24.6 Å². The quantitative estimate of drug-likeness (QED) is 0.298. The van der Waals surface area contributed by atoms with Gasteiger partial charge in [-0.15, -0.1) is 11.3 Å². The van der Waals surface area contributed by atoms with Crippen molar-refractivity contribution < 1.29 is 19.1 Å². The van der Waals surface area contributed by atoms with Gasteiger partial charge in [-0.1, -0.05) is 72.8 Å². The molecule has 1 atom stereocenters. The van der Waals surface area contributed by atoms with E-state index >= 15 is 0 Å². The van der Waals surface area contributed by atoms with Gasteiger partial charge in [0.25, 0.3) is 0 Å². The molecule has 9 heteroatoms. The Morgan fingerprint density at radius 3 is 2.20 bits per heavy atom. The van der Waals surface area contributed by atoms with E-state index in [1.165, 1.54) is 30.5 Å². The number of aryl methyl sites for hydroxylation is 1. The summed E-state index contributed by atoms with van der Waals surface area (Å²) in [4.78, 5) is 34.0. The molecule has 1 aromatic heterocycles. The van der Waals surface area contributed by atoms with E-state index in [0.717, 1.165) is 26.7 Å². The van der Waals surface area contributed by atoms with Gasteiger partial charge in [0.15, 0.2) is 0 Å². The Labute approximate surface area is 241 Å². The molecule has 0 amide bonds. The van der Waals surface area contributed by atoms with Gasteiger partial charge in [0.05, 0.1) is 43.0 Å². The Bertz CT molecular complexity index is 1740. The molecule has 0 aliphatic carbocycles. The SMILES string of the molecule is COC(=O)C1=C(C(=O)OC)N(c2cccc(-c3nc(-c4ccccc4)c(C)s3)c2)C(N)=C(C#N)C1c1ccccc1. The molecular formula is C32H26N4O4S.